The third kappa shape index (κ3) is 4.06. The molecular weight excluding hydrogens is 293 g/mol. The molecule has 0 unspecified atom stereocenters. The molecule has 1 N–H and O–H groups in total. The molecule has 1 aliphatic rings. The van der Waals surface area contributed by atoms with Crippen molar-refractivity contribution in [2.24, 2.45) is 0 Å². The highest BCUT2D eigenvalue weighted by Crippen LogP contribution is 2.18. The average Bonchev–Trinajstić information content (AvgIpc) is 2.84. The van der Waals surface area contributed by atoms with Gasteiger partial charge in [0.1, 0.15) is 17.3 Å². The Morgan fingerprint density at radius 3 is 2.52 bits per heavy atom. The number of anilines is 2. The third-order valence-electron chi connectivity index (χ3n) is 3.98. The molecule has 0 atom stereocenters. The van der Waals surface area contributed by atoms with E-state index in [0.717, 1.165) is 31.7 Å². The van der Waals surface area contributed by atoms with Crippen molar-refractivity contribution in [2.45, 2.75) is 25.7 Å². The molecule has 0 saturated carbocycles. The minimum atomic E-state index is -0.380. The standard InChI is InChI=1S/C18H20FN3O/c19-14-7-5-8-15(13-14)20-18(23)16-9-6-10-17(21-16)22-11-3-1-2-4-12-22/h5-10,13H,1-4,11-12H2,(H,20,23). The molecule has 1 saturated heterocycles. The molecule has 2 aromatic rings. The van der Waals surface area contributed by atoms with E-state index in [1.807, 2.05) is 12.1 Å². The van der Waals surface area contributed by atoms with Crippen LogP contribution in [0.4, 0.5) is 15.9 Å². The van der Waals surface area contributed by atoms with Crippen molar-refractivity contribution in [2.75, 3.05) is 23.3 Å². The number of carbonyl (C=O) groups excluding carboxylic acids is 1. The molecule has 0 aliphatic carbocycles. The van der Waals surface area contributed by atoms with Crippen molar-refractivity contribution in [3.8, 4) is 0 Å². The van der Waals surface area contributed by atoms with Gasteiger partial charge < -0.3 is 10.2 Å². The van der Waals surface area contributed by atoms with E-state index < -0.39 is 0 Å². The molecule has 0 spiro atoms. The van der Waals surface area contributed by atoms with Gasteiger partial charge in [0.2, 0.25) is 0 Å². The van der Waals surface area contributed by atoms with Crippen LogP contribution in [0.3, 0.4) is 0 Å². The normalized spacial score (nSPS) is 15.1. The molecule has 0 bridgehead atoms. The van der Waals surface area contributed by atoms with Gasteiger partial charge in [0, 0.05) is 18.8 Å². The van der Waals surface area contributed by atoms with Crippen molar-refractivity contribution in [3.63, 3.8) is 0 Å². The van der Waals surface area contributed by atoms with E-state index in [2.05, 4.69) is 15.2 Å². The summed E-state index contributed by atoms with van der Waals surface area (Å²) in [6.45, 7) is 1.95. The van der Waals surface area contributed by atoms with E-state index in [0.29, 0.717) is 11.4 Å². The fourth-order valence-corrected chi connectivity index (χ4v) is 2.79. The van der Waals surface area contributed by atoms with Crippen LogP contribution >= 0.6 is 0 Å². The maximum Gasteiger partial charge on any atom is 0.274 e. The first-order valence-corrected chi connectivity index (χ1v) is 8.01. The summed E-state index contributed by atoms with van der Waals surface area (Å²) in [5, 5.41) is 2.68. The summed E-state index contributed by atoms with van der Waals surface area (Å²) in [6, 6.07) is 11.3. The van der Waals surface area contributed by atoms with Crippen molar-refractivity contribution in [1.29, 1.82) is 0 Å². The van der Waals surface area contributed by atoms with Crippen LogP contribution in [0.2, 0.25) is 0 Å². The number of nitrogens with one attached hydrogen (secondary N) is 1. The highest BCUT2D eigenvalue weighted by molar-refractivity contribution is 6.03. The lowest BCUT2D eigenvalue weighted by atomic mass is 10.2. The second-order valence-electron chi connectivity index (χ2n) is 5.75. The summed E-state index contributed by atoms with van der Waals surface area (Å²) < 4.78 is 13.2. The smallest absolute Gasteiger partial charge is 0.274 e. The van der Waals surface area contributed by atoms with E-state index in [-0.39, 0.29) is 11.7 Å². The van der Waals surface area contributed by atoms with Crippen LogP contribution in [0.5, 0.6) is 0 Å². The second-order valence-corrected chi connectivity index (χ2v) is 5.75. The van der Waals surface area contributed by atoms with Gasteiger partial charge in [0.25, 0.3) is 5.91 Å². The SMILES string of the molecule is O=C(Nc1cccc(F)c1)c1cccc(N2CCCCCC2)n1. The Balaban J connectivity index is 1.74. The zero-order chi connectivity index (χ0) is 16.1. The third-order valence-corrected chi connectivity index (χ3v) is 3.98. The quantitative estimate of drug-likeness (QED) is 0.936. The van der Waals surface area contributed by atoms with Gasteiger partial charge in [-0.1, -0.05) is 25.0 Å². The number of pyridine rings is 1. The molecule has 1 aliphatic heterocycles. The molecule has 3 rings (SSSR count). The summed E-state index contributed by atoms with van der Waals surface area (Å²) >= 11 is 0. The zero-order valence-electron chi connectivity index (χ0n) is 13.0. The lowest BCUT2D eigenvalue weighted by molar-refractivity contribution is 0.102. The lowest BCUT2D eigenvalue weighted by Gasteiger charge is -2.21. The van der Waals surface area contributed by atoms with E-state index in [1.54, 1.807) is 18.2 Å². The van der Waals surface area contributed by atoms with E-state index >= 15 is 0 Å². The molecule has 2 heterocycles. The highest BCUT2D eigenvalue weighted by atomic mass is 19.1. The van der Waals surface area contributed by atoms with Gasteiger partial charge in [-0.3, -0.25) is 4.79 Å². The van der Waals surface area contributed by atoms with E-state index in [9.17, 15) is 9.18 Å². The first kappa shape index (κ1) is 15.5. The summed E-state index contributed by atoms with van der Waals surface area (Å²) in [5.74, 6) is 0.125. The fraction of sp³-hybridized carbons (Fsp3) is 0.333. The number of hydrogen-bond acceptors (Lipinski definition) is 3. The van der Waals surface area contributed by atoms with Crippen molar-refractivity contribution >= 4 is 17.4 Å². The van der Waals surface area contributed by atoms with Crippen LogP contribution in [0.1, 0.15) is 36.2 Å². The molecule has 120 valence electrons. The number of carbonyl (C=O) groups is 1. The largest absolute Gasteiger partial charge is 0.357 e. The predicted molar refractivity (Wildman–Crippen MR) is 89.3 cm³/mol. The number of halogens is 1. The van der Waals surface area contributed by atoms with Crippen LogP contribution in [-0.2, 0) is 0 Å². The predicted octanol–water partition coefficient (Wildman–Crippen LogP) is 3.85. The van der Waals surface area contributed by atoms with Crippen LogP contribution < -0.4 is 10.2 Å². The Hall–Kier alpha value is -2.43. The van der Waals surface area contributed by atoms with Gasteiger partial charge in [0.15, 0.2) is 0 Å². The van der Waals surface area contributed by atoms with Crippen molar-refractivity contribution in [3.05, 3.63) is 54.0 Å². The van der Waals surface area contributed by atoms with Crippen LogP contribution in [0, 0.1) is 5.82 Å². The van der Waals surface area contributed by atoms with Crippen molar-refractivity contribution in [1.82, 2.24) is 4.98 Å². The van der Waals surface area contributed by atoms with Crippen molar-refractivity contribution < 1.29 is 9.18 Å². The number of hydrogen-bond donors (Lipinski definition) is 1. The molecule has 1 amide bonds. The monoisotopic (exact) mass is 313 g/mol. The van der Waals surface area contributed by atoms with Gasteiger partial charge >= 0.3 is 0 Å². The number of aromatic nitrogens is 1. The van der Waals surface area contributed by atoms with Gasteiger partial charge in [-0.25, -0.2) is 9.37 Å². The Morgan fingerprint density at radius 1 is 1.04 bits per heavy atom. The number of rotatable bonds is 3. The summed E-state index contributed by atoms with van der Waals surface area (Å²) in [6.07, 6.45) is 4.80. The molecule has 1 fully saturated rings. The summed E-state index contributed by atoms with van der Waals surface area (Å²) in [4.78, 5) is 19.0. The molecule has 4 nitrogen and oxygen atoms in total. The van der Waals surface area contributed by atoms with Gasteiger partial charge in [-0.05, 0) is 43.2 Å². The number of amides is 1. The molecule has 23 heavy (non-hydrogen) atoms. The van der Waals surface area contributed by atoms with E-state index in [1.165, 1.54) is 25.0 Å². The maximum atomic E-state index is 13.2. The first-order chi connectivity index (χ1) is 11.2. The Kier molecular flexibility index (Phi) is 4.86. The van der Waals surface area contributed by atoms with Crippen LogP contribution in [0.15, 0.2) is 42.5 Å². The Bertz CT molecular complexity index is 681. The Labute approximate surface area is 135 Å². The topological polar surface area (TPSA) is 45.2 Å². The van der Waals surface area contributed by atoms with Gasteiger partial charge in [0.05, 0.1) is 0 Å². The minimum absolute atomic E-state index is 0.327. The molecule has 1 aromatic carbocycles. The van der Waals surface area contributed by atoms with Crippen LogP contribution in [-0.4, -0.2) is 24.0 Å². The molecular formula is C18H20FN3O. The summed E-state index contributed by atoms with van der Waals surface area (Å²) in [5.41, 5.74) is 0.771. The molecule has 1 aromatic heterocycles. The lowest BCUT2D eigenvalue weighted by Crippen LogP contribution is -2.26. The van der Waals surface area contributed by atoms with Gasteiger partial charge in [-0.2, -0.15) is 0 Å². The highest BCUT2D eigenvalue weighted by Gasteiger charge is 2.14. The fourth-order valence-electron chi connectivity index (χ4n) is 2.79. The van der Waals surface area contributed by atoms with E-state index in [4.69, 9.17) is 0 Å². The number of benzene rings is 1. The minimum Gasteiger partial charge on any atom is -0.357 e. The maximum absolute atomic E-state index is 13.2. The number of nitrogens with zero attached hydrogens (tertiary/aromatic N) is 2. The Morgan fingerprint density at radius 2 is 1.78 bits per heavy atom. The molecule has 0 radical (unpaired) electrons. The summed E-state index contributed by atoms with van der Waals surface area (Å²) in [7, 11) is 0. The first-order valence-electron chi connectivity index (χ1n) is 8.01. The second kappa shape index (κ2) is 7.22. The molecule has 5 heteroatoms. The average molecular weight is 313 g/mol. The van der Waals surface area contributed by atoms with Crippen LogP contribution in [0.25, 0.3) is 0 Å². The van der Waals surface area contributed by atoms with Gasteiger partial charge in [-0.15, -0.1) is 0 Å². The zero-order valence-corrected chi connectivity index (χ0v) is 13.0.